The molecule has 0 radical (unpaired) electrons. The van der Waals surface area contributed by atoms with E-state index in [9.17, 15) is 4.79 Å². The van der Waals surface area contributed by atoms with Gasteiger partial charge in [0.05, 0.1) is 11.4 Å². The third-order valence-corrected chi connectivity index (χ3v) is 3.98. The van der Waals surface area contributed by atoms with Crippen molar-refractivity contribution in [2.24, 2.45) is 5.73 Å². The monoisotopic (exact) mass is 220 g/mol. The topological polar surface area (TPSA) is 55.1 Å². The second-order valence-electron chi connectivity index (χ2n) is 4.10. The van der Waals surface area contributed by atoms with Crippen LogP contribution in [-0.4, -0.2) is 17.7 Å². The van der Waals surface area contributed by atoms with Crippen molar-refractivity contribution in [1.82, 2.24) is 0 Å². The van der Waals surface area contributed by atoms with E-state index in [2.05, 4.69) is 23.5 Å². The summed E-state index contributed by atoms with van der Waals surface area (Å²) in [6.45, 7) is 0. The Hall–Kier alpha value is -1.000. The third kappa shape index (κ3) is 1.64. The molecule has 1 amide bonds. The van der Waals surface area contributed by atoms with Crippen LogP contribution in [0.2, 0.25) is 0 Å². The summed E-state index contributed by atoms with van der Waals surface area (Å²) in [5.74, 6) is 1.11. The number of hydrogen-bond acceptors (Lipinski definition) is 3. The number of amides is 1. The van der Waals surface area contributed by atoms with Gasteiger partial charge in [-0.2, -0.15) is 0 Å². The molecule has 2 unspecified atom stereocenters. The molecule has 1 aromatic carbocycles. The first kappa shape index (κ1) is 9.24. The van der Waals surface area contributed by atoms with Gasteiger partial charge in [-0.15, -0.1) is 11.8 Å². The Balaban J connectivity index is 1.94. The standard InChI is InChI=1S/C11H12N2OS/c12-8-4-7(8)6-1-2-10-9(3-6)13-11(14)5-15-10/h1-3,7-8H,4-5,12H2,(H,13,14). The zero-order chi connectivity index (χ0) is 10.4. The van der Waals surface area contributed by atoms with Gasteiger partial charge in [0, 0.05) is 16.9 Å². The minimum atomic E-state index is 0.0877. The number of nitrogens with one attached hydrogen (secondary N) is 1. The Kier molecular flexibility index (Phi) is 2.00. The summed E-state index contributed by atoms with van der Waals surface area (Å²) in [5, 5.41) is 2.90. The number of hydrogen-bond donors (Lipinski definition) is 2. The molecule has 78 valence electrons. The summed E-state index contributed by atoms with van der Waals surface area (Å²) >= 11 is 1.60. The highest BCUT2D eigenvalue weighted by molar-refractivity contribution is 8.00. The number of carbonyl (C=O) groups is 1. The van der Waals surface area contributed by atoms with Crippen molar-refractivity contribution in [2.45, 2.75) is 23.3 Å². The molecule has 2 aliphatic rings. The normalized spacial score (nSPS) is 28.2. The van der Waals surface area contributed by atoms with Gasteiger partial charge in [-0.1, -0.05) is 6.07 Å². The lowest BCUT2D eigenvalue weighted by Gasteiger charge is -2.16. The SMILES string of the molecule is NC1CC1c1ccc2c(c1)NC(=O)CS2. The summed E-state index contributed by atoms with van der Waals surface area (Å²) < 4.78 is 0. The van der Waals surface area contributed by atoms with Gasteiger partial charge >= 0.3 is 0 Å². The van der Waals surface area contributed by atoms with Crippen molar-refractivity contribution in [3.05, 3.63) is 23.8 Å². The molecule has 1 saturated carbocycles. The minimum Gasteiger partial charge on any atom is -0.327 e. The van der Waals surface area contributed by atoms with Crippen molar-refractivity contribution in [1.29, 1.82) is 0 Å². The second-order valence-corrected chi connectivity index (χ2v) is 5.12. The van der Waals surface area contributed by atoms with Gasteiger partial charge in [-0.25, -0.2) is 0 Å². The molecule has 2 atom stereocenters. The van der Waals surface area contributed by atoms with Crippen LogP contribution in [0.1, 0.15) is 17.9 Å². The lowest BCUT2D eigenvalue weighted by molar-refractivity contribution is -0.113. The van der Waals surface area contributed by atoms with E-state index in [4.69, 9.17) is 5.73 Å². The van der Waals surface area contributed by atoms with E-state index in [0.717, 1.165) is 17.0 Å². The van der Waals surface area contributed by atoms with E-state index >= 15 is 0 Å². The molecule has 1 aromatic rings. The molecule has 0 aromatic heterocycles. The van der Waals surface area contributed by atoms with Crippen molar-refractivity contribution in [3.63, 3.8) is 0 Å². The number of carbonyl (C=O) groups excluding carboxylic acids is 1. The molecule has 1 aliphatic heterocycles. The van der Waals surface area contributed by atoms with E-state index in [1.807, 2.05) is 0 Å². The van der Waals surface area contributed by atoms with Gasteiger partial charge in [-0.05, 0) is 24.1 Å². The van der Waals surface area contributed by atoms with Crippen LogP contribution in [0.25, 0.3) is 0 Å². The molecule has 15 heavy (non-hydrogen) atoms. The van der Waals surface area contributed by atoms with Gasteiger partial charge in [0.15, 0.2) is 0 Å². The summed E-state index contributed by atoms with van der Waals surface area (Å²) in [6.07, 6.45) is 1.07. The molecule has 0 spiro atoms. The lowest BCUT2D eigenvalue weighted by atomic mass is 10.1. The highest BCUT2D eigenvalue weighted by Crippen LogP contribution is 2.42. The van der Waals surface area contributed by atoms with E-state index in [-0.39, 0.29) is 5.91 Å². The molecule has 0 saturated heterocycles. The second kappa shape index (κ2) is 3.25. The molecule has 1 fully saturated rings. The molecule has 4 heteroatoms. The first-order chi connectivity index (χ1) is 7.24. The van der Waals surface area contributed by atoms with Gasteiger partial charge in [0.2, 0.25) is 5.91 Å². The van der Waals surface area contributed by atoms with Crippen LogP contribution in [0.15, 0.2) is 23.1 Å². The molecule has 3 N–H and O–H groups in total. The molecule has 3 nitrogen and oxygen atoms in total. The van der Waals surface area contributed by atoms with Crippen LogP contribution >= 0.6 is 11.8 Å². The fourth-order valence-electron chi connectivity index (χ4n) is 1.93. The van der Waals surface area contributed by atoms with E-state index in [0.29, 0.717) is 17.7 Å². The van der Waals surface area contributed by atoms with Gasteiger partial charge in [-0.3, -0.25) is 4.79 Å². The highest BCUT2D eigenvalue weighted by atomic mass is 32.2. The number of fused-ring (bicyclic) bond motifs is 1. The number of nitrogens with two attached hydrogens (primary N) is 1. The van der Waals surface area contributed by atoms with E-state index in [1.165, 1.54) is 5.56 Å². The van der Waals surface area contributed by atoms with Crippen molar-refractivity contribution >= 4 is 23.4 Å². The van der Waals surface area contributed by atoms with Crippen molar-refractivity contribution in [3.8, 4) is 0 Å². The highest BCUT2D eigenvalue weighted by Gasteiger charge is 2.35. The Morgan fingerprint density at radius 3 is 3.00 bits per heavy atom. The smallest absolute Gasteiger partial charge is 0.234 e. The fraction of sp³-hybridized carbons (Fsp3) is 0.364. The van der Waals surface area contributed by atoms with E-state index < -0.39 is 0 Å². The van der Waals surface area contributed by atoms with Gasteiger partial charge in [0.1, 0.15) is 0 Å². The zero-order valence-electron chi connectivity index (χ0n) is 8.19. The van der Waals surface area contributed by atoms with Crippen LogP contribution in [0.5, 0.6) is 0 Å². The fourth-order valence-corrected chi connectivity index (χ4v) is 2.72. The Morgan fingerprint density at radius 2 is 2.27 bits per heavy atom. The summed E-state index contributed by atoms with van der Waals surface area (Å²) in [7, 11) is 0. The summed E-state index contributed by atoms with van der Waals surface area (Å²) in [4.78, 5) is 12.4. The summed E-state index contributed by atoms with van der Waals surface area (Å²) in [5.41, 5.74) is 8.01. The maximum absolute atomic E-state index is 11.2. The van der Waals surface area contributed by atoms with Crippen LogP contribution < -0.4 is 11.1 Å². The number of rotatable bonds is 1. The Morgan fingerprint density at radius 1 is 1.47 bits per heavy atom. The summed E-state index contributed by atoms with van der Waals surface area (Å²) in [6, 6.07) is 6.59. The molecular formula is C11H12N2OS. The van der Waals surface area contributed by atoms with Gasteiger partial charge < -0.3 is 11.1 Å². The molecule has 1 heterocycles. The molecule has 3 rings (SSSR count). The zero-order valence-corrected chi connectivity index (χ0v) is 9.01. The predicted octanol–water partition coefficient (Wildman–Crippen LogP) is 1.55. The third-order valence-electron chi connectivity index (χ3n) is 2.90. The van der Waals surface area contributed by atoms with E-state index in [1.54, 1.807) is 11.8 Å². The number of anilines is 1. The largest absolute Gasteiger partial charge is 0.327 e. The maximum Gasteiger partial charge on any atom is 0.234 e. The first-order valence-electron chi connectivity index (χ1n) is 5.06. The average Bonchev–Trinajstić information content (AvgIpc) is 2.94. The van der Waals surface area contributed by atoms with Crippen LogP contribution in [0, 0.1) is 0 Å². The Bertz CT molecular complexity index is 433. The molecule has 1 aliphatic carbocycles. The first-order valence-corrected chi connectivity index (χ1v) is 6.05. The van der Waals surface area contributed by atoms with Crippen molar-refractivity contribution < 1.29 is 4.79 Å². The Labute approximate surface area is 92.4 Å². The lowest BCUT2D eigenvalue weighted by Crippen LogP contribution is -2.18. The predicted molar refractivity (Wildman–Crippen MR) is 61.1 cm³/mol. The van der Waals surface area contributed by atoms with Gasteiger partial charge in [0.25, 0.3) is 0 Å². The average molecular weight is 220 g/mol. The van der Waals surface area contributed by atoms with Crippen LogP contribution in [-0.2, 0) is 4.79 Å². The van der Waals surface area contributed by atoms with Crippen LogP contribution in [0.3, 0.4) is 0 Å². The van der Waals surface area contributed by atoms with Crippen molar-refractivity contribution in [2.75, 3.05) is 11.1 Å². The molecular weight excluding hydrogens is 208 g/mol. The quantitative estimate of drug-likeness (QED) is 0.755. The molecule has 0 bridgehead atoms. The number of benzene rings is 1. The number of thioether (sulfide) groups is 1. The maximum atomic E-state index is 11.2. The minimum absolute atomic E-state index is 0.0877. The van der Waals surface area contributed by atoms with Crippen LogP contribution in [0.4, 0.5) is 5.69 Å².